The van der Waals surface area contributed by atoms with Crippen LogP contribution in [0.25, 0.3) is 0 Å². The third-order valence-corrected chi connectivity index (χ3v) is 6.90. The van der Waals surface area contributed by atoms with Crippen LogP contribution in [0.15, 0.2) is 64.1 Å². The van der Waals surface area contributed by atoms with Crippen molar-refractivity contribution in [1.29, 1.82) is 0 Å². The molecule has 0 fully saturated rings. The van der Waals surface area contributed by atoms with E-state index < -0.39 is 10.2 Å². The Kier molecular flexibility index (Phi) is 6.95. The summed E-state index contributed by atoms with van der Waals surface area (Å²) in [5.41, 5.74) is 2.73. The molecule has 1 heterocycles. The average Bonchev–Trinajstić information content (AvgIpc) is 3.15. The first-order valence-electron chi connectivity index (χ1n) is 9.28. The van der Waals surface area contributed by atoms with Crippen LogP contribution < -0.4 is 0 Å². The second-order valence-electron chi connectivity index (χ2n) is 6.46. The largest absolute Gasteiger partial charge is 0.325 e. The van der Waals surface area contributed by atoms with Gasteiger partial charge in [0.2, 0.25) is 5.29 Å². The lowest BCUT2D eigenvalue weighted by Gasteiger charge is -2.17. The van der Waals surface area contributed by atoms with Crippen LogP contribution >= 0.6 is 23.2 Å². The fourth-order valence-corrected chi connectivity index (χ4v) is 4.74. The Morgan fingerprint density at radius 2 is 1.76 bits per heavy atom. The third-order valence-electron chi connectivity index (χ3n) is 4.69. The van der Waals surface area contributed by atoms with Crippen molar-refractivity contribution in [3.63, 3.8) is 0 Å². The van der Waals surface area contributed by atoms with Crippen LogP contribution in [0.4, 0.5) is 0 Å². The molecule has 6 nitrogen and oxygen atoms in total. The van der Waals surface area contributed by atoms with Gasteiger partial charge in [0.25, 0.3) is 0 Å². The Hall–Kier alpha value is -1.93. The van der Waals surface area contributed by atoms with Crippen LogP contribution in [0.1, 0.15) is 30.9 Å². The van der Waals surface area contributed by atoms with Crippen molar-refractivity contribution in [2.75, 3.05) is 19.6 Å². The van der Waals surface area contributed by atoms with Gasteiger partial charge >= 0.3 is 10.2 Å². The molecule has 0 aliphatic carbocycles. The number of hydrogen-bond acceptors (Lipinski definition) is 3. The summed E-state index contributed by atoms with van der Waals surface area (Å²) in [4.78, 5) is 0. The Morgan fingerprint density at radius 1 is 1.14 bits per heavy atom. The molecule has 1 unspecified atom stereocenters. The smallest absolute Gasteiger partial charge is 0.236 e. The Labute approximate surface area is 181 Å². The predicted molar refractivity (Wildman–Crippen MR) is 119 cm³/mol. The summed E-state index contributed by atoms with van der Waals surface area (Å²) in [6.07, 6.45) is 0. The summed E-state index contributed by atoms with van der Waals surface area (Å²) in [5.74, 6) is -0.0857. The normalized spacial score (nSPS) is 17.7. The topological polar surface area (TPSA) is 65.3 Å². The van der Waals surface area contributed by atoms with Crippen molar-refractivity contribution in [2.45, 2.75) is 19.8 Å². The summed E-state index contributed by atoms with van der Waals surface area (Å²) >= 11 is 12.3. The number of amidine groups is 1. The quantitative estimate of drug-likeness (QED) is 0.372. The molecule has 0 bridgehead atoms. The first kappa shape index (κ1) is 21.8. The van der Waals surface area contributed by atoms with E-state index in [9.17, 15) is 8.42 Å². The number of nitrogens with zero attached hydrogens (tertiary/aromatic N) is 4. The molecule has 9 heteroatoms. The monoisotopic (exact) mass is 452 g/mol. The van der Waals surface area contributed by atoms with Crippen molar-refractivity contribution in [1.82, 2.24) is 9.31 Å². The fraction of sp³-hybridized carbons (Fsp3) is 0.300. The van der Waals surface area contributed by atoms with E-state index in [1.807, 2.05) is 42.5 Å². The number of hydrazone groups is 1. The fourth-order valence-electron chi connectivity index (χ4n) is 3.19. The molecule has 154 valence electrons. The van der Waals surface area contributed by atoms with Gasteiger partial charge in [-0.05, 0) is 34.9 Å². The Morgan fingerprint density at radius 3 is 2.34 bits per heavy atom. The van der Waals surface area contributed by atoms with E-state index in [2.05, 4.69) is 9.50 Å². The van der Waals surface area contributed by atoms with E-state index >= 15 is 0 Å². The first-order valence-corrected chi connectivity index (χ1v) is 11.4. The van der Waals surface area contributed by atoms with Gasteiger partial charge in [-0.15, -0.1) is 4.40 Å². The van der Waals surface area contributed by atoms with Crippen molar-refractivity contribution >= 4 is 44.4 Å². The van der Waals surface area contributed by atoms with E-state index in [4.69, 9.17) is 23.2 Å². The van der Waals surface area contributed by atoms with E-state index in [1.165, 1.54) is 9.31 Å². The van der Waals surface area contributed by atoms with Crippen molar-refractivity contribution in [3.05, 3.63) is 70.7 Å². The minimum atomic E-state index is -3.87. The molecule has 29 heavy (non-hydrogen) atoms. The molecule has 0 spiro atoms. The molecule has 0 radical (unpaired) electrons. The van der Waals surface area contributed by atoms with Crippen LogP contribution in [0.2, 0.25) is 5.02 Å². The SMILES string of the molecule is CCN(CC)S(=O)(=O)N=C(Cl)N1CC(c2ccccc2)C(c2ccc(Cl)cc2)=N1. The summed E-state index contributed by atoms with van der Waals surface area (Å²) in [6, 6.07) is 17.2. The molecule has 1 aliphatic heterocycles. The maximum atomic E-state index is 12.5. The highest BCUT2D eigenvalue weighted by Crippen LogP contribution is 2.30. The Balaban J connectivity index is 1.98. The first-order chi connectivity index (χ1) is 13.9. The van der Waals surface area contributed by atoms with Gasteiger partial charge < -0.3 is 0 Å². The van der Waals surface area contributed by atoms with Crippen LogP contribution in [0.3, 0.4) is 0 Å². The molecule has 0 saturated heterocycles. The average molecular weight is 453 g/mol. The number of benzene rings is 2. The lowest BCUT2D eigenvalue weighted by molar-refractivity contribution is 0.443. The minimum Gasteiger partial charge on any atom is -0.236 e. The molecule has 1 atom stereocenters. The predicted octanol–water partition coefficient (Wildman–Crippen LogP) is 4.32. The summed E-state index contributed by atoms with van der Waals surface area (Å²) in [6.45, 7) is 4.53. The molecular formula is C20H22Cl2N4O2S. The molecule has 0 N–H and O–H groups in total. The molecule has 3 rings (SSSR count). The van der Waals surface area contributed by atoms with Crippen molar-refractivity contribution < 1.29 is 8.42 Å². The molecular weight excluding hydrogens is 431 g/mol. The van der Waals surface area contributed by atoms with Gasteiger partial charge in [-0.2, -0.15) is 17.8 Å². The number of rotatable bonds is 6. The highest BCUT2D eigenvalue weighted by Gasteiger charge is 2.32. The zero-order valence-electron chi connectivity index (χ0n) is 16.2. The molecule has 0 amide bonds. The summed E-state index contributed by atoms with van der Waals surface area (Å²) in [5, 5.41) is 6.49. The second kappa shape index (κ2) is 9.26. The second-order valence-corrected chi connectivity index (χ2v) is 8.83. The number of halogens is 2. The zero-order valence-corrected chi connectivity index (χ0v) is 18.5. The van der Waals surface area contributed by atoms with E-state index in [0.717, 1.165) is 16.8 Å². The van der Waals surface area contributed by atoms with Crippen LogP contribution in [-0.2, 0) is 10.2 Å². The summed E-state index contributed by atoms with van der Waals surface area (Å²) < 4.78 is 30.0. The maximum absolute atomic E-state index is 12.5. The maximum Gasteiger partial charge on any atom is 0.325 e. The standard InChI is InChI=1S/C20H22Cl2N4O2S/c1-3-25(4-2)29(27,28)24-20(22)26-14-18(15-8-6-5-7-9-15)19(23-26)16-10-12-17(21)13-11-16/h5-13,18H,3-4,14H2,1-2H3. The lowest BCUT2D eigenvalue weighted by atomic mass is 9.91. The third kappa shape index (κ3) is 4.98. The van der Waals surface area contributed by atoms with E-state index in [1.54, 1.807) is 26.0 Å². The van der Waals surface area contributed by atoms with Gasteiger partial charge in [-0.3, -0.25) is 0 Å². The Bertz CT molecular complexity index is 1000. The van der Waals surface area contributed by atoms with Gasteiger partial charge in [0.1, 0.15) is 0 Å². The number of hydrogen-bond donors (Lipinski definition) is 0. The van der Waals surface area contributed by atoms with Gasteiger partial charge in [0.05, 0.1) is 12.3 Å². The van der Waals surface area contributed by atoms with Crippen molar-refractivity contribution in [2.24, 2.45) is 9.50 Å². The minimum absolute atomic E-state index is 0.0857. The molecule has 1 aliphatic rings. The molecule has 2 aromatic carbocycles. The van der Waals surface area contributed by atoms with Gasteiger partial charge in [0.15, 0.2) is 0 Å². The molecule has 0 saturated carbocycles. The van der Waals surface area contributed by atoms with Crippen LogP contribution in [0.5, 0.6) is 0 Å². The highest BCUT2D eigenvalue weighted by atomic mass is 35.5. The molecule has 0 aromatic heterocycles. The van der Waals surface area contributed by atoms with E-state index in [-0.39, 0.29) is 11.2 Å². The lowest BCUT2D eigenvalue weighted by Crippen LogP contribution is -2.31. The zero-order chi connectivity index (χ0) is 21.0. The van der Waals surface area contributed by atoms with E-state index in [0.29, 0.717) is 24.7 Å². The highest BCUT2D eigenvalue weighted by molar-refractivity contribution is 7.88. The van der Waals surface area contributed by atoms with Crippen LogP contribution in [-0.4, -0.2) is 48.4 Å². The molecule has 2 aromatic rings. The summed E-state index contributed by atoms with van der Waals surface area (Å²) in [7, 11) is -3.87. The van der Waals surface area contributed by atoms with Crippen molar-refractivity contribution in [3.8, 4) is 0 Å². The van der Waals surface area contributed by atoms with Crippen LogP contribution in [0, 0.1) is 0 Å². The van der Waals surface area contributed by atoms with Gasteiger partial charge in [-0.1, -0.05) is 67.9 Å². The van der Waals surface area contributed by atoms with Gasteiger partial charge in [0, 0.05) is 24.0 Å². The van der Waals surface area contributed by atoms with Gasteiger partial charge in [-0.25, -0.2) is 5.01 Å².